The van der Waals surface area contributed by atoms with Crippen LogP contribution in [0.1, 0.15) is 38.2 Å². The molecular formula is C16H24FNO2S. The lowest BCUT2D eigenvalue weighted by atomic mass is 9.99. The second kappa shape index (κ2) is 7.36. The molecule has 1 saturated heterocycles. The first-order valence-corrected chi connectivity index (χ1v) is 9.44. The summed E-state index contributed by atoms with van der Waals surface area (Å²) >= 11 is 0. The Kier molecular flexibility index (Phi) is 5.76. The summed E-state index contributed by atoms with van der Waals surface area (Å²) in [6, 6.07) is 6.26. The van der Waals surface area contributed by atoms with Gasteiger partial charge >= 0.3 is 0 Å². The van der Waals surface area contributed by atoms with Gasteiger partial charge in [-0.25, -0.2) is 12.8 Å². The van der Waals surface area contributed by atoms with Gasteiger partial charge in [-0.2, -0.15) is 0 Å². The number of hydrogen-bond acceptors (Lipinski definition) is 3. The van der Waals surface area contributed by atoms with Crippen LogP contribution < -0.4 is 5.32 Å². The first-order valence-electron chi connectivity index (χ1n) is 7.72. The number of hydrogen-bond donors (Lipinski definition) is 1. The van der Waals surface area contributed by atoms with Gasteiger partial charge in [-0.3, -0.25) is 0 Å². The minimum absolute atomic E-state index is 0.0827. The van der Waals surface area contributed by atoms with Gasteiger partial charge < -0.3 is 5.32 Å². The van der Waals surface area contributed by atoms with Crippen molar-refractivity contribution >= 4 is 9.84 Å². The summed E-state index contributed by atoms with van der Waals surface area (Å²) in [6.45, 7) is 2.87. The fraction of sp³-hybridized carbons (Fsp3) is 0.625. The van der Waals surface area contributed by atoms with E-state index in [2.05, 4.69) is 12.2 Å². The maximum atomic E-state index is 13.0. The van der Waals surface area contributed by atoms with Crippen molar-refractivity contribution in [1.29, 1.82) is 0 Å². The maximum absolute atomic E-state index is 13.0. The molecule has 0 bridgehead atoms. The number of halogens is 1. The number of sulfone groups is 1. The summed E-state index contributed by atoms with van der Waals surface area (Å²) in [5, 5.41) is 3.07. The van der Waals surface area contributed by atoms with Crippen molar-refractivity contribution < 1.29 is 12.8 Å². The molecule has 0 amide bonds. The Bertz CT molecular complexity index is 542. The third-order valence-electron chi connectivity index (χ3n) is 4.10. The molecule has 3 nitrogen and oxygen atoms in total. The Morgan fingerprint density at radius 1 is 1.29 bits per heavy atom. The van der Waals surface area contributed by atoms with Crippen LogP contribution in [0.25, 0.3) is 0 Å². The molecule has 1 N–H and O–H groups in total. The van der Waals surface area contributed by atoms with Gasteiger partial charge in [-0.15, -0.1) is 0 Å². The van der Waals surface area contributed by atoms with Crippen LogP contribution in [0.4, 0.5) is 4.39 Å². The molecule has 21 heavy (non-hydrogen) atoms. The molecule has 0 aliphatic carbocycles. The molecule has 2 unspecified atom stereocenters. The van der Waals surface area contributed by atoms with Gasteiger partial charge in [-0.1, -0.05) is 25.5 Å². The summed E-state index contributed by atoms with van der Waals surface area (Å²) in [7, 11) is -3.02. The van der Waals surface area contributed by atoms with Crippen LogP contribution in [-0.4, -0.2) is 32.0 Å². The largest absolute Gasteiger partial charge is 0.312 e. The first kappa shape index (κ1) is 16.4. The molecule has 1 aromatic carbocycles. The van der Waals surface area contributed by atoms with Crippen LogP contribution in [0.3, 0.4) is 0 Å². The van der Waals surface area contributed by atoms with Crippen LogP contribution in [0.15, 0.2) is 24.3 Å². The van der Waals surface area contributed by atoms with Crippen molar-refractivity contribution in [2.45, 2.75) is 50.3 Å². The lowest BCUT2D eigenvalue weighted by molar-refractivity contribution is 0.433. The number of nitrogens with one attached hydrogen (secondary N) is 1. The van der Waals surface area contributed by atoms with E-state index in [1.54, 1.807) is 12.1 Å². The fourth-order valence-electron chi connectivity index (χ4n) is 2.97. The smallest absolute Gasteiger partial charge is 0.154 e. The van der Waals surface area contributed by atoms with E-state index < -0.39 is 9.84 Å². The van der Waals surface area contributed by atoms with Crippen molar-refractivity contribution in [3.63, 3.8) is 0 Å². The van der Waals surface area contributed by atoms with Crippen LogP contribution >= 0.6 is 0 Å². The van der Waals surface area contributed by atoms with Gasteiger partial charge in [0.05, 0.1) is 11.0 Å². The monoisotopic (exact) mass is 313 g/mol. The normalized spacial score (nSPS) is 22.9. The molecule has 2 rings (SSSR count). The standard InChI is InChI=1S/C16H24FNO2S/c1-2-10-18-15(12-13-6-8-14(17)9-7-13)16-5-3-4-11-21(16,19)20/h6-9,15-16,18H,2-5,10-12H2,1H3. The van der Waals surface area contributed by atoms with Crippen LogP contribution in [0.5, 0.6) is 0 Å². The number of benzene rings is 1. The van der Waals surface area contributed by atoms with E-state index in [9.17, 15) is 12.8 Å². The van der Waals surface area contributed by atoms with Crippen LogP contribution in [-0.2, 0) is 16.3 Å². The topological polar surface area (TPSA) is 46.2 Å². The fourth-order valence-corrected chi connectivity index (χ4v) is 5.10. The Morgan fingerprint density at radius 3 is 2.62 bits per heavy atom. The summed E-state index contributed by atoms with van der Waals surface area (Å²) < 4.78 is 37.7. The SMILES string of the molecule is CCCNC(Cc1ccc(F)cc1)C1CCCCS1(=O)=O. The summed E-state index contributed by atoms with van der Waals surface area (Å²) in [4.78, 5) is 0. The average Bonchev–Trinajstić information content (AvgIpc) is 2.45. The zero-order chi connectivity index (χ0) is 15.3. The molecular weight excluding hydrogens is 289 g/mol. The summed E-state index contributed by atoms with van der Waals surface area (Å²) in [5.41, 5.74) is 0.978. The maximum Gasteiger partial charge on any atom is 0.154 e. The predicted octanol–water partition coefficient (Wildman–Crippen LogP) is 2.70. The molecule has 0 radical (unpaired) electrons. The van der Waals surface area contributed by atoms with Crippen molar-refractivity contribution in [3.8, 4) is 0 Å². The molecule has 1 heterocycles. The molecule has 0 saturated carbocycles. The van der Waals surface area contributed by atoms with Gasteiger partial charge in [0.1, 0.15) is 5.82 Å². The van der Waals surface area contributed by atoms with Gasteiger partial charge in [0, 0.05) is 6.04 Å². The molecule has 0 aromatic heterocycles. The van der Waals surface area contributed by atoms with E-state index in [0.29, 0.717) is 12.2 Å². The van der Waals surface area contributed by atoms with Crippen molar-refractivity contribution in [3.05, 3.63) is 35.6 Å². The van der Waals surface area contributed by atoms with Gasteiger partial charge in [0.2, 0.25) is 0 Å². The van der Waals surface area contributed by atoms with Crippen LogP contribution in [0.2, 0.25) is 0 Å². The van der Waals surface area contributed by atoms with E-state index >= 15 is 0 Å². The third kappa shape index (κ3) is 4.51. The Balaban J connectivity index is 2.15. The van der Waals surface area contributed by atoms with E-state index in [1.165, 1.54) is 12.1 Å². The van der Waals surface area contributed by atoms with Crippen molar-refractivity contribution in [2.75, 3.05) is 12.3 Å². The van der Waals surface area contributed by atoms with Crippen LogP contribution in [0, 0.1) is 5.82 Å². The molecule has 1 fully saturated rings. The van der Waals surface area contributed by atoms with Gasteiger partial charge in [-0.05, 0) is 49.9 Å². The highest BCUT2D eigenvalue weighted by molar-refractivity contribution is 7.92. The third-order valence-corrected chi connectivity index (χ3v) is 6.45. The van der Waals surface area contributed by atoms with Crippen molar-refractivity contribution in [2.24, 2.45) is 0 Å². The average molecular weight is 313 g/mol. The van der Waals surface area contributed by atoms with Crippen molar-refractivity contribution in [1.82, 2.24) is 5.32 Å². The van der Waals surface area contributed by atoms with E-state index in [4.69, 9.17) is 0 Å². The second-order valence-corrected chi connectivity index (χ2v) is 8.13. The van der Waals surface area contributed by atoms with E-state index in [-0.39, 0.29) is 17.1 Å². The van der Waals surface area contributed by atoms with Gasteiger partial charge in [0.25, 0.3) is 0 Å². The van der Waals surface area contributed by atoms with Gasteiger partial charge in [0.15, 0.2) is 9.84 Å². The lowest BCUT2D eigenvalue weighted by Gasteiger charge is -2.31. The predicted molar refractivity (Wildman–Crippen MR) is 83.6 cm³/mol. The molecule has 1 aliphatic heterocycles. The highest BCUT2D eigenvalue weighted by Crippen LogP contribution is 2.24. The molecule has 0 spiro atoms. The summed E-state index contributed by atoms with van der Waals surface area (Å²) in [5.74, 6) is 0.0351. The van der Waals surface area contributed by atoms with E-state index in [0.717, 1.165) is 37.8 Å². The molecule has 1 aromatic rings. The molecule has 2 atom stereocenters. The summed E-state index contributed by atoms with van der Waals surface area (Å²) in [6.07, 6.45) is 4.06. The highest BCUT2D eigenvalue weighted by atomic mass is 32.2. The lowest BCUT2D eigenvalue weighted by Crippen LogP contribution is -2.48. The minimum Gasteiger partial charge on any atom is -0.312 e. The quantitative estimate of drug-likeness (QED) is 0.878. The number of rotatable bonds is 6. The molecule has 118 valence electrons. The first-order chi connectivity index (χ1) is 10.0. The molecule has 5 heteroatoms. The Hall–Kier alpha value is -0.940. The van der Waals surface area contributed by atoms with E-state index in [1.807, 2.05) is 0 Å². The highest BCUT2D eigenvalue weighted by Gasteiger charge is 2.35. The Labute approximate surface area is 126 Å². The minimum atomic E-state index is -3.02. The Morgan fingerprint density at radius 2 is 2.00 bits per heavy atom. The zero-order valence-corrected chi connectivity index (χ0v) is 13.3. The second-order valence-electron chi connectivity index (χ2n) is 5.79. The zero-order valence-electron chi connectivity index (χ0n) is 12.5. The molecule has 1 aliphatic rings.